The highest BCUT2D eigenvalue weighted by molar-refractivity contribution is 6.22. The highest BCUT2D eigenvalue weighted by atomic mass is 15.0. The summed E-state index contributed by atoms with van der Waals surface area (Å²) in [6.07, 6.45) is 0. The molecular weight excluding hydrogens is 398 g/mol. The van der Waals surface area contributed by atoms with Crippen LogP contribution in [0.2, 0.25) is 0 Å². The van der Waals surface area contributed by atoms with Crippen LogP contribution in [0.4, 0.5) is 0 Å². The molecule has 1 aliphatic carbocycles. The number of hydrogen-bond acceptors (Lipinski definition) is 0. The summed E-state index contributed by atoms with van der Waals surface area (Å²) in [6.45, 7) is 0. The van der Waals surface area contributed by atoms with Gasteiger partial charge in [-0.3, -0.25) is 0 Å². The van der Waals surface area contributed by atoms with Crippen LogP contribution in [0.15, 0.2) is 115 Å². The molecule has 1 nitrogen and oxygen atoms in total. The lowest BCUT2D eigenvalue weighted by Crippen LogP contribution is -1.94. The van der Waals surface area contributed by atoms with Crippen molar-refractivity contribution in [1.29, 1.82) is 0 Å². The molecule has 0 fully saturated rings. The normalized spacial score (nSPS) is 12.2. The number of nitrogens with zero attached hydrogens (tertiary/aromatic N) is 1. The summed E-state index contributed by atoms with van der Waals surface area (Å²) in [7, 11) is 0. The molecule has 0 atom stereocenters. The fourth-order valence-corrected chi connectivity index (χ4v) is 5.95. The first-order valence-electron chi connectivity index (χ1n) is 11.5. The smallest absolute Gasteiger partial charge is 0.0547 e. The molecule has 1 heterocycles. The molecular formula is C32H19N. The predicted octanol–water partition coefficient (Wildman–Crippen LogP) is 8.74. The van der Waals surface area contributed by atoms with Gasteiger partial charge >= 0.3 is 0 Å². The molecule has 0 N–H and O–H groups in total. The van der Waals surface area contributed by atoms with Gasteiger partial charge in [-0.05, 0) is 68.1 Å². The van der Waals surface area contributed by atoms with Crippen LogP contribution in [-0.2, 0) is 0 Å². The molecule has 1 aliphatic rings. The second kappa shape index (κ2) is 6.11. The van der Waals surface area contributed by atoms with Crippen LogP contribution in [0.3, 0.4) is 0 Å². The molecule has 0 saturated carbocycles. The number of para-hydroxylation sites is 1. The van der Waals surface area contributed by atoms with E-state index >= 15 is 0 Å². The van der Waals surface area contributed by atoms with E-state index in [-0.39, 0.29) is 0 Å². The molecule has 1 heteroatoms. The van der Waals surface area contributed by atoms with Crippen LogP contribution in [0.1, 0.15) is 0 Å². The van der Waals surface area contributed by atoms with Gasteiger partial charge in [0.15, 0.2) is 0 Å². The van der Waals surface area contributed by atoms with E-state index in [1.807, 2.05) is 0 Å². The lowest BCUT2D eigenvalue weighted by Gasteiger charge is -2.12. The van der Waals surface area contributed by atoms with Crippen molar-refractivity contribution >= 4 is 43.4 Å². The Bertz CT molecular complexity index is 1920. The number of aromatic nitrogens is 1. The maximum atomic E-state index is 2.45. The van der Waals surface area contributed by atoms with Gasteiger partial charge in [-0.2, -0.15) is 0 Å². The van der Waals surface area contributed by atoms with E-state index < -0.39 is 0 Å². The van der Waals surface area contributed by atoms with E-state index in [0.717, 1.165) is 0 Å². The van der Waals surface area contributed by atoms with Crippen LogP contribution >= 0.6 is 0 Å². The van der Waals surface area contributed by atoms with E-state index in [1.165, 1.54) is 71.3 Å². The van der Waals surface area contributed by atoms with E-state index in [2.05, 4.69) is 120 Å². The van der Waals surface area contributed by atoms with E-state index in [0.29, 0.717) is 0 Å². The average Bonchev–Trinajstić information content (AvgIpc) is 3.39. The maximum Gasteiger partial charge on any atom is 0.0547 e. The zero-order valence-corrected chi connectivity index (χ0v) is 17.9. The number of hydrogen-bond donors (Lipinski definition) is 0. The zero-order valence-electron chi connectivity index (χ0n) is 17.9. The molecule has 152 valence electrons. The van der Waals surface area contributed by atoms with Gasteiger partial charge in [0.2, 0.25) is 0 Å². The molecule has 0 saturated heterocycles. The predicted molar refractivity (Wildman–Crippen MR) is 140 cm³/mol. The first-order valence-corrected chi connectivity index (χ1v) is 11.5. The van der Waals surface area contributed by atoms with Crippen molar-refractivity contribution in [3.8, 4) is 27.9 Å². The third-order valence-corrected chi connectivity index (χ3v) is 7.29. The van der Waals surface area contributed by atoms with Crippen LogP contribution in [0.5, 0.6) is 0 Å². The topological polar surface area (TPSA) is 4.93 Å². The largest absolute Gasteiger partial charge is 0.309 e. The second-order valence-corrected chi connectivity index (χ2v) is 8.98. The van der Waals surface area contributed by atoms with Crippen molar-refractivity contribution in [1.82, 2.24) is 4.57 Å². The minimum Gasteiger partial charge on any atom is -0.309 e. The van der Waals surface area contributed by atoms with Crippen LogP contribution < -0.4 is 0 Å². The highest BCUT2D eigenvalue weighted by Crippen LogP contribution is 2.48. The molecule has 0 unspecified atom stereocenters. The zero-order chi connectivity index (χ0) is 21.5. The Morgan fingerprint density at radius 2 is 1.09 bits per heavy atom. The van der Waals surface area contributed by atoms with Crippen LogP contribution in [0, 0.1) is 0 Å². The SMILES string of the molecule is c1ccc2c(c1)-c1cccc3cc(-n4c5ccccc5c5c6ccccc6ccc54)cc-2c13. The fraction of sp³-hybridized carbons (Fsp3) is 0. The Morgan fingerprint density at radius 1 is 0.394 bits per heavy atom. The third kappa shape index (κ3) is 2.16. The Balaban J connectivity index is 1.55. The first-order chi connectivity index (χ1) is 16.4. The summed E-state index contributed by atoms with van der Waals surface area (Å²) >= 11 is 0. The lowest BCUT2D eigenvalue weighted by molar-refractivity contribution is 1.19. The molecule has 7 aromatic rings. The molecule has 0 spiro atoms. The molecule has 0 aliphatic heterocycles. The van der Waals surface area contributed by atoms with Gasteiger partial charge in [-0.25, -0.2) is 0 Å². The number of rotatable bonds is 1. The van der Waals surface area contributed by atoms with E-state index in [4.69, 9.17) is 0 Å². The standard InChI is InChI=1S/C32H19N/c1-2-10-23-20(8-1)16-17-30-32(23)27-13-5-6-15-29(27)33(30)22-18-21-9-7-14-26-24-11-3-4-12-25(24)28(19-22)31(21)26/h1-19H. The van der Waals surface area contributed by atoms with Gasteiger partial charge in [0.25, 0.3) is 0 Å². The Hall–Kier alpha value is -4.36. The fourth-order valence-electron chi connectivity index (χ4n) is 5.95. The summed E-state index contributed by atoms with van der Waals surface area (Å²) in [5.74, 6) is 0. The van der Waals surface area contributed by atoms with E-state index in [1.54, 1.807) is 0 Å². The second-order valence-electron chi connectivity index (χ2n) is 8.98. The van der Waals surface area contributed by atoms with Gasteiger partial charge in [-0.15, -0.1) is 0 Å². The van der Waals surface area contributed by atoms with Crippen molar-refractivity contribution in [2.75, 3.05) is 0 Å². The van der Waals surface area contributed by atoms with Gasteiger partial charge in [0.1, 0.15) is 0 Å². The molecule has 0 amide bonds. The Labute approximate surface area is 191 Å². The lowest BCUT2D eigenvalue weighted by atomic mass is 10.0. The minimum absolute atomic E-state index is 1.22. The molecule has 1 aromatic heterocycles. The molecule has 33 heavy (non-hydrogen) atoms. The molecule has 8 rings (SSSR count). The summed E-state index contributed by atoms with van der Waals surface area (Å²) < 4.78 is 2.45. The highest BCUT2D eigenvalue weighted by Gasteiger charge is 2.23. The van der Waals surface area contributed by atoms with Crippen LogP contribution in [-0.4, -0.2) is 4.57 Å². The van der Waals surface area contributed by atoms with Crippen molar-refractivity contribution in [2.24, 2.45) is 0 Å². The molecule has 0 bridgehead atoms. The minimum atomic E-state index is 1.22. The van der Waals surface area contributed by atoms with Gasteiger partial charge in [-0.1, -0.05) is 91.0 Å². The maximum absolute atomic E-state index is 2.45. The van der Waals surface area contributed by atoms with Gasteiger partial charge in [0.05, 0.1) is 11.0 Å². The van der Waals surface area contributed by atoms with Gasteiger partial charge in [0, 0.05) is 16.5 Å². The average molecular weight is 418 g/mol. The first kappa shape index (κ1) is 17.2. The molecule has 0 radical (unpaired) electrons. The summed E-state index contributed by atoms with van der Waals surface area (Å²) in [5.41, 5.74) is 9.06. The van der Waals surface area contributed by atoms with Crippen molar-refractivity contribution in [3.05, 3.63) is 115 Å². The Morgan fingerprint density at radius 3 is 2.00 bits per heavy atom. The number of fused-ring (bicyclic) bond motifs is 8. The third-order valence-electron chi connectivity index (χ3n) is 7.29. The summed E-state index contributed by atoms with van der Waals surface area (Å²) in [5, 5.41) is 7.88. The van der Waals surface area contributed by atoms with Crippen LogP contribution in [0.25, 0.3) is 71.3 Å². The van der Waals surface area contributed by atoms with Crippen molar-refractivity contribution < 1.29 is 0 Å². The summed E-state index contributed by atoms with van der Waals surface area (Å²) in [4.78, 5) is 0. The summed E-state index contributed by atoms with van der Waals surface area (Å²) in [6, 6.07) is 42.3. The quantitative estimate of drug-likeness (QED) is 0.252. The monoisotopic (exact) mass is 417 g/mol. The van der Waals surface area contributed by atoms with Crippen molar-refractivity contribution in [2.45, 2.75) is 0 Å². The van der Waals surface area contributed by atoms with E-state index in [9.17, 15) is 0 Å². The number of benzene rings is 6. The molecule has 6 aromatic carbocycles. The van der Waals surface area contributed by atoms with Gasteiger partial charge < -0.3 is 4.57 Å². The Kier molecular flexibility index (Phi) is 3.19. The van der Waals surface area contributed by atoms with Crippen molar-refractivity contribution in [3.63, 3.8) is 0 Å².